The van der Waals surface area contributed by atoms with Crippen molar-refractivity contribution in [2.45, 2.75) is 18.9 Å². The second-order valence-corrected chi connectivity index (χ2v) is 6.14. The average Bonchev–Trinajstić information content (AvgIpc) is 2.58. The van der Waals surface area contributed by atoms with Gasteiger partial charge in [-0.1, -0.05) is 29.8 Å². The van der Waals surface area contributed by atoms with E-state index in [0.29, 0.717) is 18.7 Å². The van der Waals surface area contributed by atoms with E-state index in [2.05, 4.69) is 5.32 Å². The Morgan fingerprint density at radius 3 is 2.74 bits per heavy atom. The van der Waals surface area contributed by atoms with Crippen LogP contribution in [0, 0.1) is 5.82 Å². The van der Waals surface area contributed by atoms with Crippen molar-refractivity contribution < 1.29 is 9.18 Å². The maximum Gasteiger partial charge on any atom is 0.254 e. The summed E-state index contributed by atoms with van der Waals surface area (Å²) in [4.78, 5) is 14.3. The average molecular weight is 333 g/mol. The van der Waals surface area contributed by atoms with Gasteiger partial charge in [0.2, 0.25) is 0 Å². The third-order valence-electron chi connectivity index (χ3n) is 4.02. The molecule has 0 radical (unpaired) electrons. The van der Waals surface area contributed by atoms with E-state index in [0.717, 1.165) is 18.5 Å². The smallest absolute Gasteiger partial charge is 0.254 e. The maximum absolute atomic E-state index is 13.6. The molecule has 0 bridgehead atoms. The molecule has 1 unspecified atom stereocenters. The molecule has 0 spiro atoms. The van der Waals surface area contributed by atoms with Crippen LogP contribution in [-0.4, -0.2) is 29.9 Å². The topological polar surface area (TPSA) is 32.3 Å². The first kappa shape index (κ1) is 15.8. The third-order valence-corrected chi connectivity index (χ3v) is 4.33. The highest BCUT2D eigenvalue weighted by Gasteiger charge is 2.24. The summed E-state index contributed by atoms with van der Waals surface area (Å²) < 4.78 is 13.6. The molecular formula is C18H18ClFN2O. The summed E-state index contributed by atoms with van der Waals surface area (Å²) in [6, 6.07) is 14.3. The molecule has 3 nitrogen and oxygen atoms in total. The molecule has 1 aliphatic rings. The summed E-state index contributed by atoms with van der Waals surface area (Å²) in [7, 11) is 0. The molecule has 2 aromatic rings. The second kappa shape index (κ2) is 7.01. The molecule has 2 aromatic carbocycles. The minimum Gasteiger partial charge on any atom is -0.381 e. The Morgan fingerprint density at radius 1 is 1.22 bits per heavy atom. The van der Waals surface area contributed by atoms with Gasteiger partial charge in [0, 0.05) is 30.4 Å². The van der Waals surface area contributed by atoms with E-state index in [1.54, 1.807) is 11.0 Å². The lowest BCUT2D eigenvalue weighted by Gasteiger charge is -2.33. The Kier molecular flexibility index (Phi) is 4.82. The normalized spacial score (nSPS) is 17.8. The number of carbonyl (C=O) groups excluding carboxylic acids is 1. The third kappa shape index (κ3) is 3.82. The molecule has 3 rings (SSSR count). The number of halogens is 2. The van der Waals surface area contributed by atoms with Crippen LogP contribution in [0.4, 0.5) is 10.1 Å². The van der Waals surface area contributed by atoms with Gasteiger partial charge in [0.1, 0.15) is 5.82 Å². The molecule has 1 fully saturated rings. The maximum atomic E-state index is 13.6. The van der Waals surface area contributed by atoms with Crippen LogP contribution in [0.3, 0.4) is 0 Å². The van der Waals surface area contributed by atoms with Crippen molar-refractivity contribution in [2.75, 3.05) is 18.4 Å². The Hall–Kier alpha value is -2.07. The fourth-order valence-electron chi connectivity index (χ4n) is 2.86. The van der Waals surface area contributed by atoms with Crippen molar-refractivity contribution >= 4 is 23.2 Å². The first-order chi connectivity index (χ1) is 11.1. The first-order valence-corrected chi connectivity index (χ1v) is 8.07. The lowest BCUT2D eigenvalue weighted by molar-refractivity contribution is 0.0714. The summed E-state index contributed by atoms with van der Waals surface area (Å²) >= 11 is 5.67. The molecule has 0 aliphatic carbocycles. The monoisotopic (exact) mass is 332 g/mol. The van der Waals surface area contributed by atoms with E-state index >= 15 is 0 Å². The van der Waals surface area contributed by atoms with Crippen molar-refractivity contribution in [3.8, 4) is 0 Å². The van der Waals surface area contributed by atoms with Gasteiger partial charge in [-0.3, -0.25) is 4.79 Å². The number of likely N-dealkylation sites (tertiary alicyclic amines) is 1. The second-order valence-electron chi connectivity index (χ2n) is 5.73. The van der Waals surface area contributed by atoms with Gasteiger partial charge >= 0.3 is 0 Å². The van der Waals surface area contributed by atoms with Gasteiger partial charge in [-0.2, -0.15) is 0 Å². The van der Waals surface area contributed by atoms with E-state index in [1.807, 2.05) is 30.3 Å². The zero-order valence-electron chi connectivity index (χ0n) is 12.6. The summed E-state index contributed by atoms with van der Waals surface area (Å²) in [6.45, 7) is 1.30. The molecule has 1 amide bonds. The summed E-state index contributed by atoms with van der Waals surface area (Å²) in [5.41, 5.74) is 1.39. The van der Waals surface area contributed by atoms with Crippen LogP contribution in [0.5, 0.6) is 0 Å². The highest BCUT2D eigenvalue weighted by Crippen LogP contribution is 2.20. The number of hydrogen-bond donors (Lipinski definition) is 1. The van der Waals surface area contributed by atoms with Crippen LogP contribution in [0.25, 0.3) is 0 Å². The summed E-state index contributed by atoms with van der Waals surface area (Å²) in [6.07, 6.45) is 1.93. The van der Waals surface area contributed by atoms with Crippen molar-refractivity contribution in [2.24, 2.45) is 0 Å². The van der Waals surface area contributed by atoms with E-state index in [1.165, 1.54) is 12.1 Å². The summed E-state index contributed by atoms with van der Waals surface area (Å²) in [5.74, 6) is -0.714. The van der Waals surface area contributed by atoms with Crippen LogP contribution in [-0.2, 0) is 0 Å². The number of nitrogens with zero attached hydrogens (tertiary/aromatic N) is 1. The standard InChI is InChI=1S/C18H18ClFN2O/c19-16-9-8-13(11-17(16)20)18(23)22-10-4-7-15(12-22)21-14-5-2-1-3-6-14/h1-3,5-6,8-9,11,15,21H,4,7,10,12H2. The predicted octanol–water partition coefficient (Wildman–Crippen LogP) is 4.20. The van der Waals surface area contributed by atoms with Crippen LogP contribution >= 0.6 is 11.6 Å². The van der Waals surface area contributed by atoms with Crippen LogP contribution < -0.4 is 5.32 Å². The lowest BCUT2D eigenvalue weighted by Crippen LogP contribution is -2.45. The predicted molar refractivity (Wildman–Crippen MR) is 90.4 cm³/mol. The fraction of sp³-hybridized carbons (Fsp3) is 0.278. The zero-order chi connectivity index (χ0) is 16.2. The molecule has 1 saturated heterocycles. The minimum atomic E-state index is -0.562. The molecule has 1 N–H and O–H groups in total. The molecule has 1 aliphatic heterocycles. The number of rotatable bonds is 3. The van der Waals surface area contributed by atoms with Gasteiger partial charge in [0.25, 0.3) is 5.91 Å². The highest BCUT2D eigenvalue weighted by atomic mass is 35.5. The molecule has 120 valence electrons. The molecule has 0 saturated carbocycles. The van der Waals surface area contributed by atoms with Crippen molar-refractivity contribution in [3.05, 3.63) is 64.9 Å². The molecule has 0 aromatic heterocycles. The number of benzene rings is 2. The van der Waals surface area contributed by atoms with E-state index < -0.39 is 5.82 Å². The Morgan fingerprint density at radius 2 is 2.00 bits per heavy atom. The number of amides is 1. The van der Waals surface area contributed by atoms with Gasteiger partial charge in [0.15, 0.2) is 0 Å². The molecule has 1 heterocycles. The van der Waals surface area contributed by atoms with Gasteiger partial charge in [0.05, 0.1) is 5.02 Å². The van der Waals surface area contributed by atoms with Gasteiger partial charge < -0.3 is 10.2 Å². The minimum absolute atomic E-state index is 0.0313. The van der Waals surface area contributed by atoms with E-state index in [9.17, 15) is 9.18 Å². The largest absolute Gasteiger partial charge is 0.381 e. The fourth-order valence-corrected chi connectivity index (χ4v) is 2.98. The number of hydrogen-bond acceptors (Lipinski definition) is 2. The van der Waals surface area contributed by atoms with Crippen molar-refractivity contribution in [1.29, 1.82) is 0 Å². The van der Waals surface area contributed by atoms with Gasteiger partial charge in [-0.05, 0) is 43.2 Å². The highest BCUT2D eigenvalue weighted by molar-refractivity contribution is 6.30. The number of para-hydroxylation sites is 1. The molecule has 23 heavy (non-hydrogen) atoms. The number of carbonyl (C=O) groups is 1. The SMILES string of the molecule is O=C(c1ccc(Cl)c(F)c1)N1CCCC(Nc2ccccc2)C1. The molecular weight excluding hydrogens is 315 g/mol. The van der Waals surface area contributed by atoms with Crippen LogP contribution in [0.15, 0.2) is 48.5 Å². The number of piperidine rings is 1. The Labute approximate surface area is 140 Å². The van der Waals surface area contributed by atoms with E-state index in [-0.39, 0.29) is 17.0 Å². The Balaban J connectivity index is 1.68. The van der Waals surface area contributed by atoms with Crippen LogP contribution in [0.2, 0.25) is 5.02 Å². The lowest BCUT2D eigenvalue weighted by atomic mass is 10.0. The molecule has 1 atom stereocenters. The zero-order valence-corrected chi connectivity index (χ0v) is 13.4. The summed E-state index contributed by atoms with van der Waals surface area (Å²) in [5, 5.41) is 3.48. The van der Waals surface area contributed by atoms with Crippen molar-refractivity contribution in [3.63, 3.8) is 0 Å². The van der Waals surface area contributed by atoms with Crippen molar-refractivity contribution in [1.82, 2.24) is 4.90 Å². The number of anilines is 1. The quantitative estimate of drug-likeness (QED) is 0.913. The van der Waals surface area contributed by atoms with Gasteiger partial charge in [-0.25, -0.2) is 4.39 Å². The number of nitrogens with one attached hydrogen (secondary N) is 1. The first-order valence-electron chi connectivity index (χ1n) is 7.69. The van der Waals surface area contributed by atoms with E-state index in [4.69, 9.17) is 11.6 Å². The van der Waals surface area contributed by atoms with Gasteiger partial charge in [-0.15, -0.1) is 0 Å². The molecule has 5 heteroatoms. The van der Waals surface area contributed by atoms with Crippen LogP contribution in [0.1, 0.15) is 23.2 Å². The Bertz CT molecular complexity index is 693.